The Morgan fingerprint density at radius 3 is 2.65 bits per heavy atom. The van der Waals surface area contributed by atoms with Gasteiger partial charge in [0.1, 0.15) is 11.7 Å². The third kappa shape index (κ3) is 1.96. The summed E-state index contributed by atoms with van der Waals surface area (Å²) < 4.78 is 0. The first-order valence-electron chi connectivity index (χ1n) is 7.66. The average Bonchev–Trinajstić information content (AvgIpc) is 3.12. The van der Waals surface area contributed by atoms with Gasteiger partial charge in [-0.2, -0.15) is 0 Å². The lowest BCUT2D eigenvalue weighted by Gasteiger charge is -2.31. The highest BCUT2D eigenvalue weighted by molar-refractivity contribution is 5.92. The molecule has 1 N–H and O–H groups in total. The van der Waals surface area contributed by atoms with E-state index >= 15 is 0 Å². The van der Waals surface area contributed by atoms with E-state index in [0.717, 1.165) is 19.3 Å². The van der Waals surface area contributed by atoms with Crippen LogP contribution in [-0.2, 0) is 4.79 Å². The summed E-state index contributed by atoms with van der Waals surface area (Å²) in [6.07, 6.45) is 3.01. The maximum Gasteiger partial charge on any atom is 0.244 e. The lowest BCUT2D eigenvalue weighted by Crippen LogP contribution is -2.38. The van der Waals surface area contributed by atoms with Crippen LogP contribution in [0.2, 0.25) is 0 Å². The number of carbonyl (C=O) groups is 1. The van der Waals surface area contributed by atoms with Crippen LogP contribution in [-0.4, -0.2) is 22.4 Å². The highest BCUT2D eigenvalue weighted by Gasteiger charge is 2.60. The van der Waals surface area contributed by atoms with Gasteiger partial charge < -0.3 is 4.90 Å². The smallest absolute Gasteiger partial charge is 0.244 e. The van der Waals surface area contributed by atoms with Crippen molar-refractivity contribution in [1.82, 2.24) is 10.2 Å². The lowest BCUT2D eigenvalue weighted by atomic mass is 10.0. The Balaban J connectivity index is 2.00. The number of benzene rings is 1. The fourth-order valence-electron chi connectivity index (χ4n) is 3.25. The van der Waals surface area contributed by atoms with Crippen LogP contribution in [0.5, 0.6) is 0 Å². The van der Waals surface area contributed by atoms with Crippen LogP contribution in [0.25, 0.3) is 0 Å². The molecule has 1 saturated heterocycles. The van der Waals surface area contributed by atoms with Crippen molar-refractivity contribution in [2.24, 2.45) is 0 Å². The second-order valence-corrected chi connectivity index (χ2v) is 6.46. The molecule has 20 heavy (non-hydrogen) atoms. The van der Waals surface area contributed by atoms with E-state index in [2.05, 4.69) is 56.1 Å². The number of hydrogen-bond donors (Lipinski definition) is 1. The first kappa shape index (κ1) is 13.6. The third-order valence-electron chi connectivity index (χ3n) is 4.87. The summed E-state index contributed by atoms with van der Waals surface area (Å²) in [7, 11) is 0. The molecule has 1 aromatic carbocycles. The van der Waals surface area contributed by atoms with Crippen molar-refractivity contribution < 1.29 is 4.79 Å². The summed E-state index contributed by atoms with van der Waals surface area (Å²) in [5, 5.41) is 3.61. The number of nitrogens with one attached hydrogen (secondary N) is 1. The van der Waals surface area contributed by atoms with Gasteiger partial charge in [0.2, 0.25) is 5.91 Å². The largest absolute Gasteiger partial charge is 0.319 e. The summed E-state index contributed by atoms with van der Waals surface area (Å²) in [5.74, 6) is 0.303. The Morgan fingerprint density at radius 1 is 1.40 bits per heavy atom. The minimum Gasteiger partial charge on any atom is -0.319 e. The number of carbonyl (C=O) groups excluding carboxylic acids is 1. The van der Waals surface area contributed by atoms with Crippen LogP contribution in [0, 0.1) is 13.8 Å². The maximum absolute atomic E-state index is 12.7. The molecule has 0 aromatic heterocycles. The van der Waals surface area contributed by atoms with Gasteiger partial charge in [-0.15, -0.1) is 0 Å². The number of aryl methyl sites for hydroxylation is 2. The SMILES string of the molecule is CCC(C)N1C(=O)C2(CC2)NC1c1ccc(C)cc1C. The first-order valence-corrected chi connectivity index (χ1v) is 7.66. The summed E-state index contributed by atoms with van der Waals surface area (Å²) in [5.41, 5.74) is 3.53. The number of amides is 1. The van der Waals surface area contributed by atoms with E-state index in [1.807, 2.05) is 0 Å². The summed E-state index contributed by atoms with van der Waals surface area (Å²) in [6.45, 7) is 8.55. The molecule has 1 aromatic rings. The van der Waals surface area contributed by atoms with Gasteiger partial charge >= 0.3 is 0 Å². The molecule has 1 aliphatic carbocycles. The van der Waals surface area contributed by atoms with E-state index in [4.69, 9.17) is 0 Å². The van der Waals surface area contributed by atoms with Crippen LogP contribution in [0.1, 0.15) is 56.0 Å². The van der Waals surface area contributed by atoms with E-state index < -0.39 is 0 Å². The molecule has 1 amide bonds. The van der Waals surface area contributed by atoms with E-state index in [1.54, 1.807) is 0 Å². The number of nitrogens with zero attached hydrogens (tertiary/aromatic N) is 1. The Labute approximate surface area is 121 Å². The molecule has 0 radical (unpaired) electrons. The molecule has 3 rings (SSSR count). The molecule has 2 aliphatic rings. The zero-order chi connectivity index (χ0) is 14.5. The van der Waals surface area contributed by atoms with Gasteiger partial charge in [0.05, 0.1) is 0 Å². The molecular formula is C17H24N2O. The van der Waals surface area contributed by atoms with E-state index in [-0.39, 0.29) is 17.7 Å². The Morgan fingerprint density at radius 2 is 2.10 bits per heavy atom. The highest BCUT2D eigenvalue weighted by atomic mass is 16.2. The quantitative estimate of drug-likeness (QED) is 0.917. The number of rotatable bonds is 3. The molecule has 3 nitrogen and oxygen atoms in total. The molecule has 3 heteroatoms. The Bertz CT molecular complexity index is 548. The fourth-order valence-corrected chi connectivity index (χ4v) is 3.25. The van der Waals surface area contributed by atoms with E-state index in [1.165, 1.54) is 16.7 Å². The molecular weight excluding hydrogens is 248 g/mol. The first-order chi connectivity index (χ1) is 9.48. The van der Waals surface area contributed by atoms with Crippen LogP contribution in [0.3, 0.4) is 0 Å². The van der Waals surface area contributed by atoms with Gasteiger partial charge in [0.25, 0.3) is 0 Å². The second-order valence-electron chi connectivity index (χ2n) is 6.46. The monoisotopic (exact) mass is 272 g/mol. The van der Waals surface area contributed by atoms with Crippen molar-refractivity contribution in [3.63, 3.8) is 0 Å². The number of hydrogen-bond acceptors (Lipinski definition) is 2. The fraction of sp³-hybridized carbons (Fsp3) is 0.588. The van der Waals surface area contributed by atoms with Crippen molar-refractivity contribution >= 4 is 5.91 Å². The molecule has 108 valence electrons. The van der Waals surface area contributed by atoms with Crippen LogP contribution in [0.4, 0.5) is 0 Å². The summed E-state index contributed by atoms with van der Waals surface area (Å²) in [4.78, 5) is 14.8. The topological polar surface area (TPSA) is 32.3 Å². The van der Waals surface area contributed by atoms with Crippen molar-refractivity contribution in [3.05, 3.63) is 34.9 Å². The average molecular weight is 272 g/mol. The standard InChI is InChI=1S/C17H24N2O/c1-5-13(4)19-15(18-17(8-9-17)16(19)20)14-7-6-11(2)10-12(14)3/h6-7,10,13,15,18H,5,8-9H2,1-4H3. The molecule has 2 atom stereocenters. The second kappa shape index (κ2) is 4.59. The van der Waals surface area contributed by atoms with Crippen molar-refractivity contribution in [1.29, 1.82) is 0 Å². The Kier molecular flexibility index (Phi) is 3.13. The van der Waals surface area contributed by atoms with Crippen molar-refractivity contribution in [2.75, 3.05) is 0 Å². The summed E-state index contributed by atoms with van der Waals surface area (Å²) >= 11 is 0. The minimum absolute atomic E-state index is 0.0422. The third-order valence-corrected chi connectivity index (χ3v) is 4.87. The Hall–Kier alpha value is -1.35. The molecule has 1 heterocycles. The summed E-state index contributed by atoms with van der Waals surface area (Å²) in [6, 6.07) is 6.79. The highest BCUT2D eigenvalue weighted by Crippen LogP contribution is 2.47. The van der Waals surface area contributed by atoms with Crippen LogP contribution in [0.15, 0.2) is 18.2 Å². The molecule has 1 spiro atoms. The molecule has 0 bridgehead atoms. The van der Waals surface area contributed by atoms with Crippen molar-refractivity contribution in [2.45, 2.75) is 64.7 Å². The van der Waals surface area contributed by atoms with Gasteiger partial charge in [0, 0.05) is 6.04 Å². The van der Waals surface area contributed by atoms with Crippen LogP contribution < -0.4 is 5.32 Å². The zero-order valence-corrected chi connectivity index (χ0v) is 12.9. The molecule has 1 aliphatic heterocycles. The normalized spacial score (nSPS) is 25.3. The predicted octanol–water partition coefficient (Wildman–Crippen LogP) is 3.06. The van der Waals surface area contributed by atoms with E-state index in [0.29, 0.717) is 5.91 Å². The van der Waals surface area contributed by atoms with Gasteiger partial charge in [-0.3, -0.25) is 10.1 Å². The minimum atomic E-state index is -0.245. The zero-order valence-electron chi connectivity index (χ0n) is 12.9. The lowest BCUT2D eigenvalue weighted by molar-refractivity contribution is -0.132. The molecule has 2 unspecified atom stereocenters. The maximum atomic E-state index is 12.7. The molecule has 1 saturated carbocycles. The van der Waals surface area contributed by atoms with Crippen LogP contribution >= 0.6 is 0 Å². The molecule has 2 fully saturated rings. The van der Waals surface area contributed by atoms with E-state index in [9.17, 15) is 4.79 Å². The van der Waals surface area contributed by atoms with Gasteiger partial charge in [-0.05, 0) is 51.2 Å². The van der Waals surface area contributed by atoms with Gasteiger partial charge in [-0.1, -0.05) is 30.7 Å². The van der Waals surface area contributed by atoms with Gasteiger partial charge in [-0.25, -0.2) is 0 Å². The van der Waals surface area contributed by atoms with Crippen molar-refractivity contribution in [3.8, 4) is 0 Å². The van der Waals surface area contributed by atoms with Gasteiger partial charge in [0.15, 0.2) is 0 Å². The predicted molar refractivity (Wildman–Crippen MR) is 80.4 cm³/mol.